The van der Waals surface area contributed by atoms with Crippen LogP contribution in [0.25, 0.3) is 0 Å². The second-order valence-electron chi connectivity index (χ2n) is 6.42. The van der Waals surface area contributed by atoms with Gasteiger partial charge in [-0.2, -0.15) is 5.26 Å². The fraction of sp³-hybridized carbons (Fsp3) is 0.529. The maximum absolute atomic E-state index is 12.1. The predicted octanol–water partition coefficient (Wildman–Crippen LogP) is 2.62. The number of hydrogen-bond donors (Lipinski definition) is 0. The highest BCUT2D eigenvalue weighted by Gasteiger charge is 2.27. The number of hydrogen-bond acceptors (Lipinski definition) is 5. The minimum atomic E-state index is -0.491. The van der Waals surface area contributed by atoms with Gasteiger partial charge in [-0.1, -0.05) is 6.07 Å². The van der Waals surface area contributed by atoms with Gasteiger partial charge < -0.3 is 19.3 Å². The van der Waals surface area contributed by atoms with Gasteiger partial charge in [-0.05, 0) is 32.9 Å². The van der Waals surface area contributed by atoms with Crippen LogP contribution in [0.1, 0.15) is 26.3 Å². The summed E-state index contributed by atoms with van der Waals surface area (Å²) >= 11 is 0. The molecule has 0 spiro atoms. The normalized spacial score (nSPS) is 15.1. The molecule has 1 heterocycles. The monoisotopic (exact) mass is 317 g/mol. The van der Waals surface area contributed by atoms with Crippen LogP contribution in [-0.4, -0.2) is 49.9 Å². The van der Waals surface area contributed by atoms with Crippen molar-refractivity contribution in [2.75, 3.05) is 38.2 Å². The average molecular weight is 317 g/mol. The number of methoxy groups -OCH3 is 1. The van der Waals surface area contributed by atoms with Crippen molar-refractivity contribution in [1.29, 1.82) is 5.26 Å². The first-order valence-electron chi connectivity index (χ1n) is 7.65. The number of benzene rings is 1. The van der Waals surface area contributed by atoms with Crippen LogP contribution in [0.4, 0.5) is 10.5 Å². The van der Waals surface area contributed by atoms with E-state index in [0.29, 0.717) is 37.5 Å². The molecule has 1 aromatic carbocycles. The fourth-order valence-electron chi connectivity index (χ4n) is 2.52. The Balaban J connectivity index is 2.06. The molecule has 0 aliphatic carbocycles. The number of rotatable bonds is 2. The summed E-state index contributed by atoms with van der Waals surface area (Å²) in [4.78, 5) is 15.9. The molecule has 1 aliphatic rings. The summed E-state index contributed by atoms with van der Waals surface area (Å²) in [6.07, 6.45) is -0.289. The highest BCUT2D eigenvalue weighted by atomic mass is 16.6. The lowest BCUT2D eigenvalue weighted by Crippen LogP contribution is -2.50. The van der Waals surface area contributed by atoms with E-state index < -0.39 is 5.60 Å². The molecule has 0 saturated carbocycles. The molecule has 124 valence electrons. The van der Waals surface area contributed by atoms with E-state index in [1.165, 1.54) is 0 Å². The molecule has 1 amide bonds. The molecule has 0 unspecified atom stereocenters. The standard InChI is InChI=1S/C17H23N3O3/c1-17(2,3)23-16(21)20-10-8-19(9-11-20)14-6-5-7-15(22-4)13(14)12-18/h5-7H,8-11H2,1-4H3. The van der Waals surface area contributed by atoms with Gasteiger partial charge in [0.05, 0.1) is 12.8 Å². The van der Waals surface area contributed by atoms with Crippen molar-refractivity contribution in [1.82, 2.24) is 4.90 Å². The van der Waals surface area contributed by atoms with Gasteiger partial charge in [0, 0.05) is 26.2 Å². The number of carbonyl (C=O) groups is 1. The van der Waals surface area contributed by atoms with Crippen molar-refractivity contribution in [3.63, 3.8) is 0 Å². The first-order chi connectivity index (χ1) is 10.9. The average Bonchev–Trinajstić information content (AvgIpc) is 2.52. The number of anilines is 1. The van der Waals surface area contributed by atoms with Gasteiger partial charge in [0.15, 0.2) is 0 Å². The molecule has 1 aromatic rings. The van der Waals surface area contributed by atoms with E-state index in [4.69, 9.17) is 9.47 Å². The van der Waals surface area contributed by atoms with Crippen molar-refractivity contribution in [3.05, 3.63) is 23.8 Å². The summed E-state index contributed by atoms with van der Waals surface area (Å²) in [6, 6.07) is 7.76. The smallest absolute Gasteiger partial charge is 0.410 e. The highest BCUT2D eigenvalue weighted by molar-refractivity contribution is 5.69. The molecule has 1 aliphatic heterocycles. The molecular formula is C17H23N3O3. The number of nitrogens with zero attached hydrogens (tertiary/aromatic N) is 3. The van der Waals surface area contributed by atoms with Crippen LogP contribution < -0.4 is 9.64 Å². The van der Waals surface area contributed by atoms with E-state index in [-0.39, 0.29) is 6.09 Å². The Morgan fingerprint density at radius 3 is 2.39 bits per heavy atom. The minimum Gasteiger partial charge on any atom is -0.495 e. The van der Waals surface area contributed by atoms with Crippen LogP contribution >= 0.6 is 0 Å². The van der Waals surface area contributed by atoms with E-state index in [1.54, 1.807) is 18.1 Å². The van der Waals surface area contributed by atoms with Gasteiger partial charge in [-0.25, -0.2) is 4.79 Å². The largest absolute Gasteiger partial charge is 0.495 e. The molecule has 6 heteroatoms. The lowest BCUT2D eigenvalue weighted by molar-refractivity contribution is 0.0240. The van der Waals surface area contributed by atoms with Gasteiger partial charge in [-0.3, -0.25) is 0 Å². The van der Waals surface area contributed by atoms with E-state index >= 15 is 0 Å². The van der Waals surface area contributed by atoms with Gasteiger partial charge in [0.1, 0.15) is 23.0 Å². The predicted molar refractivity (Wildman–Crippen MR) is 87.7 cm³/mol. The molecule has 1 fully saturated rings. The summed E-state index contributed by atoms with van der Waals surface area (Å²) in [6.45, 7) is 8.01. The van der Waals surface area contributed by atoms with E-state index in [2.05, 4.69) is 11.0 Å². The van der Waals surface area contributed by atoms with Crippen LogP contribution in [0.2, 0.25) is 0 Å². The third kappa shape index (κ3) is 4.07. The summed E-state index contributed by atoms with van der Waals surface area (Å²) in [5.41, 5.74) is 0.881. The molecule has 6 nitrogen and oxygen atoms in total. The molecule has 2 rings (SSSR count). The van der Waals surface area contributed by atoms with E-state index in [9.17, 15) is 10.1 Å². The van der Waals surface area contributed by atoms with Gasteiger partial charge in [-0.15, -0.1) is 0 Å². The molecule has 0 radical (unpaired) electrons. The Labute approximate surface area is 137 Å². The number of piperazine rings is 1. The quantitative estimate of drug-likeness (QED) is 0.839. The zero-order valence-corrected chi connectivity index (χ0v) is 14.1. The van der Waals surface area contributed by atoms with Crippen LogP contribution in [0, 0.1) is 11.3 Å². The molecule has 0 bridgehead atoms. The Morgan fingerprint density at radius 2 is 1.87 bits per heavy atom. The lowest BCUT2D eigenvalue weighted by atomic mass is 10.1. The zero-order chi connectivity index (χ0) is 17.0. The Hall–Kier alpha value is -2.42. The Bertz CT molecular complexity index is 608. The highest BCUT2D eigenvalue weighted by Crippen LogP contribution is 2.29. The van der Waals surface area contributed by atoms with Crippen LogP contribution in [-0.2, 0) is 4.74 Å². The Kier molecular flexibility index (Phi) is 4.99. The maximum Gasteiger partial charge on any atom is 0.410 e. The molecule has 23 heavy (non-hydrogen) atoms. The number of ether oxygens (including phenoxy) is 2. The number of amides is 1. The van der Waals surface area contributed by atoms with E-state index in [1.807, 2.05) is 32.9 Å². The lowest BCUT2D eigenvalue weighted by Gasteiger charge is -2.37. The molecule has 0 atom stereocenters. The SMILES string of the molecule is COc1cccc(N2CCN(C(=O)OC(C)(C)C)CC2)c1C#N. The van der Waals surface area contributed by atoms with Crippen LogP contribution in [0.5, 0.6) is 5.75 Å². The summed E-state index contributed by atoms with van der Waals surface area (Å²) < 4.78 is 10.6. The maximum atomic E-state index is 12.1. The van der Waals surface area contributed by atoms with Crippen molar-refractivity contribution >= 4 is 11.8 Å². The Morgan fingerprint density at radius 1 is 1.22 bits per heavy atom. The summed E-state index contributed by atoms with van der Waals surface area (Å²) in [5, 5.41) is 9.39. The fourth-order valence-corrected chi connectivity index (χ4v) is 2.52. The molecular weight excluding hydrogens is 294 g/mol. The first-order valence-corrected chi connectivity index (χ1v) is 7.65. The second kappa shape index (κ2) is 6.78. The third-order valence-electron chi connectivity index (χ3n) is 3.61. The third-order valence-corrected chi connectivity index (χ3v) is 3.61. The zero-order valence-electron chi connectivity index (χ0n) is 14.1. The van der Waals surface area contributed by atoms with Gasteiger partial charge in [0.25, 0.3) is 0 Å². The van der Waals surface area contributed by atoms with Crippen LogP contribution in [0.3, 0.4) is 0 Å². The number of carbonyl (C=O) groups excluding carboxylic acids is 1. The van der Waals surface area contributed by atoms with Crippen molar-refractivity contribution < 1.29 is 14.3 Å². The van der Waals surface area contributed by atoms with Crippen molar-refractivity contribution in [2.45, 2.75) is 26.4 Å². The van der Waals surface area contributed by atoms with Crippen molar-refractivity contribution in [2.24, 2.45) is 0 Å². The molecule has 0 N–H and O–H groups in total. The van der Waals surface area contributed by atoms with Crippen molar-refractivity contribution in [3.8, 4) is 11.8 Å². The minimum absolute atomic E-state index is 0.289. The van der Waals surface area contributed by atoms with Crippen LogP contribution in [0.15, 0.2) is 18.2 Å². The molecule has 0 aromatic heterocycles. The van der Waals surface area contributed by atoms with Gasteiger partial charge >= 0.3 is 6.09 Å². The topological polar surface area (TPSA) is 65.8 Å². The number of nitriles is 1. The first kappa shape index (κ1) is 16.9. The molecule has 1 saturated heterocycles. The second-order valence-corrected chi connectivity index (χ2v) is 6.42. The summed E-state index contributed by atoms with van der Waals surface area (Å²) in [5.74, 6) is 0.569. The summed E-state index contributed by atoms with van der Waals surface area (Å²) in [7, 11) is 1.56. The van der Waals surface area contributed by atoms with E-state index in [0.717, 1.165) is 5.69 Å². The van der Waals surface area contributed by atoms with Gasteiger partial charge in [0.2, 0.25) is 0 Å².